The molecule has 6 nitrogen and oxygen atoms in total. The second-order valence-electron chi connectivity index (χ2n) is 9.77. The van der Waals surface area contributed by atoms with Gasteiger partial charge in [-0.05, 0) is 69.3 Å². The molecule has 4 unspecified atom stereocenters. The van der Waals surface area contributed by atoms with Gasteiger partial charge in [0.2, 0.25) is 0 Å². The largest absolute Gasteiger partial charge is 0.483 e. The predicted octanol–water partition coefficient (Wildman–Crippen LogP) is 6.85. The van der Waals surface area contributed by atoms with E-state index in [9.17, 15) is 39.2 Å². The molecule has 1 aliphatic rings. The van der Waals surface area contributed by atoms with Crippen molar-refractivity contribution in [2.24, 2.45) is 0 Å². The van der Waals surface area contributed by atoms with Crippen LogP contribution in [0.1, 0.15) is 26.3 Å². The first-order valence-electron chi connectivity index (χ1n) is 12.1. The van der Waals surface area contributed by atoms with Crippen molar-refractivity contribution in [3.05, 3.63) is 83.9 Å². The highest BCUT2D eigenvalue weighted by Gasteiger charge is 2.61. The molecule has 3 aromatic rings. The Kier molecular flexibility index (Phi) is 8.41. The van der Waals surface area contributed by atoms with E-state index in [1.54, 1.807) is 0 Å². The third-order valence-electron chi connectivity index (χ3n) is 6.52. The van der Waals surface area contributed by atoms with Gasteiger partial charge < -0.3 is 14.2 Å². The van der Waals surface area contributed by atoms with Crippen molar-refractivity contribution in [1.29, 1.82) is 0 Å². The Balaban J connectivity index is 1.67. The molecule has 0 amide bonds. The van der Waals surface area contributed by atoms with Crippen LogP contribution in [0.3, 0.4) is 0 Å². The average molecular weight is 642 g/mol. The van der Waals surface area contributed by atoms with Crippen LogP contribution in [0.2, 0.25) is 0 Å². The fourth-order valence-corrected chi connectivity index (χ4v) is 6.69. The molecular weight excluding hydrogens is 617 g/mol. The summed E-state index contributed by atoms with van der Waals surface area (Å²) < 4.78 is 143. The van der Waals surface area contributed by atoms with Crippen LogP contribution in [0.4, 0.5) is 30.7 Å². The molecule has 4 rings (SSSR count). The number of hydrogen-bond donors (Lipinski definition) is 1. The summed E-state index contributed by atoms with van der Waals surface area (Å²) in [4.78, 5) is 1.09. The lowest BCUT2D eigenvalue weighted by Gasteiger charge is -2.29. The number of benzene rings is 3. The van der Waals surface area contributed by atoms with Gasteiger partial charge >= 0.3 is 21.5 Å². The van der Waals surface area contributed by atoms with Crippen LogP contribution in [-0.4, -0.2) is 42.7 Å². The van der Waals surface area contributed by atoms with Crippen molar-refractivity contribution in [2.75, 3.05) is 6.61 Å². The lowest BCUT2D eigenvalue weighted by molar-refractivity contribution is -0.283. The number of halogens is 7. The van der Waals surface area contributed by atoms with E-state index in [1.165, 1.54) is 55.5 Å². The van der Waals surface area contributed by atoms with Crippen LogP contribution >= 0.6 is 0 Å². The highest BCUT2D eigenvalue weighted by Crippen LogP contribution is 2.47. The summed E-state index contributed by atoms with van der Waals surface area (Å²) in [5, 5.41) is -4.60. The number of ether oxygens (including phenoxy) is 3. The lowest BCUT2D eigenvalue weighted by Crippen LogP contribution is -2.45. The van der Waals surface area contributed by atoms with Gasteiger partial charge in [0.25, 0.3) is 0 Å². The summed E-state index contributed by atoms with van der Waals surface area (Å²) in [5.41, 5.74) is -2.28. The maximum absolute atomic E-state index is 14.2. The minimum Gasteiger partial charge on any atom is -0.483 e. The Bertz CT molecular complexity index is 1530. The van der Waals surface area contributed by atoms with Crippen molar-refractivity contribution in [1.82, 2.24) is 0 Å². The maximum atomic E-state index is 14.2. The van der Waals surface area contributed by atoms with E-state index in [4.69, 9.17) is 18.8 Å². The van der Waals surface area contributed by atoms with Gasteiger partial charge in [-0.25, -0.2) is 8.78 Å². The van der Waals surface area contributed by atoms with Crippen LogP contribution in [0.5, 0.6) is 5.75 Å². The SMILES string of the molecule is CC(Oc1ccc([S+](c2ccc(C3(C)OCC(C)(C(F)(F)F)O3)cc2)c2cc(F)cc(F)c2)cc1)C(F)(F)S(=O)(=O)O. The minimum absolute atomic E-state index is 0.185. The van der Waals surface area contributed by atoms with Gasteiger partial charge in [0.15, 0.2) is 32.2 Å². The zero-order valence-corrected chi connectivity index (χ0v) is 23.7. The third-order valence-corrected chi connectivity index (χ3v) is 9.73. The van der Waals surface area contributed by atoms with E-state index < -0.39 is 68.2 Å². The zero-order valence-electron chi connectivity index (χ0n) is 22.1. The van der Waals surface area contributed by atoms with Gasteiger partial charge in [0, 0.05) is 23.8 Å². The third kappa shape index (κ3) is 6.25. The molecule has 1 N–H and O–H groups in total. The Labute approximate surface area is 239 Å². The van der Waals surface area contributed by atoms with E-state index >= 15 is 0 Å². The maximum Gasteiger partial charge on any atom is 0.419 e. The molecule has 228 valence electrons. The summed E-state index contributed by atoms with van der Waals surface area (Å²) >= 11 is 0. The molecule has 3 aromatic carbocycles. The van der Waals surface area contributed by atoms with Crippen LogP contribution < -0.4 is 4.74 Å². The first kappa shape index (κ1) is 32.1. The van der Waals surface area contributed by atoms with E-state index in [0.29, 0.717) is 15.9 Å². The lowest BCUT2D eigenvalue weighted by atomic mass is 10.1. The van der Waals surface area contributed by atoms with Crippen LogP contribution in [0.25, 0.3) is 0 Å². The summed E-state index contributed by atoms with van der Waals surface area (Å²) in [6.45, 7) is 2.23. The Hall–Kier alpha value is -2.85. The Morgan fingerprint density at radius 1 is 0.881 bits per heavy atom. The smallest absolute Gasteiger partial charge is 0.419 e. The zero-order chi connectivity index (χ0) is 31.3. The molecule has 15 heteroatoms. The highest BCUT2D eigenvalue weighted by atomic mass is 32.2. The fraction of sp³-hybridized carbons (Fsp3) is 0.333. The number of alkyl halides is 5. The molecule has 1 aliphatic heterocycles. The number of hydrogen-bond acceptors (Lipinski definition) is 5. The van der Waals surface area contributed by atoms with E-state index in [1.807, 2.05) is 0 Å². The van der Waals surface area contributed by atoms with Gasteiger partial charge in [-0.15, -0.1) is 0 Å². The molecule has 4 atom stereocenters. The quantitative estimate of drug-likeness (QED) is 0.165. The molecule has 0 radical (unpaired) electrons. The van der Waals surface area contributed by atoms with Gasteiger partial charge in [0.05, 0.1) is 17.5 Å². The van der Waals surface area contributed by atoms with E-state index in [0.717, 1.165) is 26.0 Å². The van der Waals surface area contributed by atoms with Gasteiger partial charge in [0.1, 0.15) is 17.4 Å². The van der Waals surface area contributed by atoms with Gasteiger partial charge in [-0.1, -0.05) is 0 Å². The first-order chi connectivity index (χ1) is 19.3. The standard InChI is InChI=1S/C27H23F7O6S2/c1-16(26(30,31)42(35,36)37)39-20-6-10-22(11-7-20)41(23-13-18(28)12-19(29)14-23)21-8-4-17(5-9-21)25(3)38-15-24(2,40-25)27(32,33)34/h4-14,16H,15H2,1-3H3/p+1. The second kappa shape index (κ2) is 11.0. The molecule has 0 aliphatic carbocycles. The Morgan fingerprint density at radius 3 is 1.83 bits per heavy atom. The van der Waals surface area contributed by atoms with Gasteiger partial charge in [-0.2, -0.15) is 30.4 Å². The molecule has 0 saturated carbocycles. The number of rotatable bonds is 8. The molecule has 0 bridgehead atoms. The molecule has 1 saturated heterocycles. The van der Waals surface area contributed by atoms with Crippen molar-refractivity contribution in [3.63, 3.8) is 0 Å². The first-order valence-corrected chi connectivity index (χ1v) is 14.8. The predicted molar refractivity (Wildman–Crippen MR) is 137 cm³/mol. The summed E-state index contributed by atoms with van der Waals surface area (Å²) in [6, 6.07) is 14.1. The average Bonchev–Trinajstić information content (AvgIpc) is 3.21. The van der Waals surface area contributed by atoms with Crippen molar-refractivity contribution >= 4 is 21.0 Å². The van der Waals surface area contributed by atoms with Crippen molar-refractivity contribution < 1.29 is 57.9 Å². The molecule has 0 aromatic heterocycles. The van der Waals surface area contributed by atoms with E-state index in [2.05, 4.69) is 0 Å². The molecule has 0 spiro atoms. The fourth-order valence-electron chi connectivity index (χ4n) is 4.13. The Morgan fingerprint density at radius 2 is 1.38 bits per heavy atom. The minimum atomic E-state index is -5.75. The van der Waals surface area contributed by atoms with Crippen molar-refractivity contribution in [3.8, 4) is 5.75 Å². The highest BCUT2D eigenvalue weighted by molar-refractivity contribution is 7.97. The molecule has 42 heavy (non-hydrogen) atoms. The summed E-state index contributed by atoms with van der Waals surface area (Å²) in [6.07, 6.45) is -6.95. The summed E-state index contributed by atoms with van der Waals surface area (Å²) in [7, 11) is -6.97. The van der Waals surface area contributed by atoms with Crippen LogP contribution in [0, 0.1) is 11.6 Å². The molecular formula is C27H24F7O6S2+. The monoisotopic (exact) mass is 641 g/mol. The normalized spacial score (nSPS) is 23.0. The topological polar surface area (TPSA) is 82.1 Å². The van der Waals surface area contributed by atoms with Crippen LogP contribution in [-0.2, 0) is 36.3 Å². The van der Waals surface area contributed by atoms with E-state index in [-0.39, 0.29) is 16.2 Å². The second-order valence-corrected chi connectivity index (χ2v) is 13.3. The molecule has 1 heterocycles. The summed E-state index contributed by atoms with van der Waals surface area (Å²) in [5.74, 6) is -3.65. The van der Waals surface area contributed by atoms with Crippen molar-refractivity contribution in [2.45, 2.75) is 64.4 Å². The van der Waals surface area contributed by atoms with Crippen LogP contribution in [0.15, 0.2) is 81.4 Å². The van der Waals surface area contributed by atoms with Gasteiger partial charge in [-0.3, -0.25) is 4.55 Å². The molecule has 1 fully saturated rings.